The number of carboxylic acids is 1. The molecular formula is C12H14N2O3S. The van der Waals surface area contributed by atoms with E-state index >= 15 is 0 Å². The van der Waals surface area contributed by atoms with Crippen LogP contribution in [-0.2, 0) is 13.0 Å². The maximum Gasteiger partial charge on any atom is 0.347 e. The Morgan fingerprint density at radius 1 is 1.61 bits per heavy atom. The summed E-state index contributed by atoms with van der Waals surface area (Å²) >= 11 is 1.24. The molecule has 0 amide bonds. The van der Waals surface area contributed by atoms with E-state index in [9.17, 15) is 4.79 Å². The van der Waals surface area contributed by atoms with E-state index in [0.717, 1.165) is 23.7 Å². The molecule has 2 aromatic rings. The van der Waals surface area contributed by atoms with Gasteiger partial charge in [0.2, 0.25) is 0 Å². The van der Waals surface area contributed by atoms with E-state index in [2.05, 4.69) is 10.3 Å². The third-order valence-corrected chi connectivity index (χ3v) is 3.64. The van der Waals surface area contributed by atoms with Crippen LogP contribution in [0.2, 0.25) is 0 Å². The van der Waals surface area contributed by atoms with Crippen molar-refractivity contribution in [3.63, 3.8) is 0 Å². The van der Waals surface area contributed by atoms with Crippen molar-refractivity contribution >= 4 is 17.3 Å². The lowest BCUT2D eigenvalue weighted by Crippen LogP contribution is -2.16. The molecule has 0 atom stereocenters. The Hall–Kier alpha value is -1.66. The molecule has 2 aromatic heterocycles. The standard InChI is InChI=1S/C12H14N2O3S/c1-8-11(12(15)16)18-10(14-8)4-5-13-7-9-3-2-6-17-9/h2-3,6,13H,4-5,7H2,1H3,(H,15,16). The summed E-state index contributed by atoms with van der Waals surface area (Å²) in [6, 6.07) is 3.75. The number of hydrogen-bond acceptors (Lipinski definition) is 5. The van der Waals surface area contributed by atoms with Gasteiger partial charge in [-0.05, 0) is 19.1 Å². The number of aromatic nitrogens is 1. The number of aryl methyl sites for hydroxylation is 1. The topological polar surface area (TPSA) is 75.4 Å². The first-order chi connectivity index (χ1) is 8.66. The van der Waals surface area contributed by atoms with Crippen molar-refractivity contribution in [2.75, 3.05) is 6.54 Å². The Balaban J connectivity index is 1.80. The molecule has 0 bridgehead atoms. The van der Waals surface area contributed by atoms with Gasteiger partial charge < -0.3 is 14.8 Å². The van der Waals surface area contributed by atoms with Crippen LogP contribution in [0.15, 0.2) is 22.8 Å². The molecule has 0 saturated heterocycles. The van der Waals surface area contributed by atoms with E-state index in [-0.39, 0.29) is 0 Å². The number of thiazole rings is 1. The van der Waals surface area contributed by atoms with Gasteiger partial charge in [0, 0.05) is 13.0 Å². The van der Waals surface area contributed by atoms with E-state index in [1.807, 2.05) is 12.1 Å². The molecule has 96 valence electrons. The Morgan fingerprint density at radius 2 is 2.44 bits per heavy atom. The van der Waals surface area contributed by atoms with Gasteiger partial charge in [-0.15, -0.1) is 11.3 Å². The molecule has 2 N–H and O–H groups in total. The average Bonchev–Trinajstić information content (AvgIpc) is 2.94. The lowest BCUT2D eigenvalue weighted by Gasteiger charge is -1.99. The van der Waals surface area contributed by atoms with Crippen LogP contribution in [0.25, 0.3) is 0 Å². The Bertz CT molecular complexity index is 519. The molecule has 5 nitrogen and oxygen atoms in total. The number of furan rings is 1. The Kier molecular flexibility index (Phi) is 4.11. The highest BCUT2D eigenvalue weighted by atomic mass is 32.1. The van der Waals surface area contributed by atoms with Crippen LogP contribution in [0, 0.1) is 6.92 Å². The second kappa shape index (κ2) is 5.79. The zero-order chi connectivity index (χ0) is 13.0. The summed E-state index contributed by atoms with van der Waals surface area (Å²) in [6.45, 7) is 3.13. The number of rotatable bonds is 6. The normalized spacial score (nSPS) is 10.7. The van der Waals surface area contributed by atoms with Crippen molar-refractivity contribution in [1.82, 2.24) is 10.3 Å². The third kappa shape index (κ3) is 3.18. The lowest BCUT2D eigenvalue weighted by atomic mass is 10.4. The van der Waals surface area contributed by atoms with Crippen LogP contribution < -0.4 is 5.32 Å². The van der Waals surface area contributed by atoms with E-state index in [1.54, 1.807) is 13.2 Å². The molecule has 0 radical (unpaired) electrons. The van der Waals surface area contributed by atoms with Crippen LogP contribution >= 0.6 is 11.3 Å². The van der Waals surface area contributed by atoms with E-state index in [4.69, 9.17) is 9.52 Å². The van der Waals surface area contributed by atoms with Crippen molar-refractivity contribution < 1.29 is 14.3 Å². The first kappa shape index (κ1) is 12.8. The number of nitrogens with zero attached hydrogens (tertiary/aromatic N) is 1. The molecule has 0 aliphatic heterocycles. The van der Waals surface area contributed by atoms with E-state index in [1.165, 1.54) is 11.3 Å². The average molecular weight is 266 g/mol. The highest BCUT2D eigenvalue weighted by Crippen LogP contribution is 2.18. The zero-order valence-corrected chi connectivity index (χ0v) is 10.8. The third-order valence-electron chi connectivity index (χ3n) is 2.43. The van der Waals surface area contributed by atoms with Crippen LogP contribution in [0.3, 0.4) is 0 Å². The van der Waals surface area contributed by atoms with Crippen LogP contribution in [-0.4, -0.2) is 22.6 Å². The highest BCUT2D eigenvalue weighted by Gasteiger charge is 2.13. The van der Waals surface area contributed by atoms with Crippen molar-refractivity contribution in [2.24, 2.45) is 0 Å². The fourth-order valence-corrected chi connectivity index (χ4v) is 2.48. The smallest absolute Gasteiger partial charge is 0.347 e. The van der Waals surface area contributed by atoms with Crippen molar-refractivity contribution in [3.05, 3.63) is 39.7 Å². The summed E-state index contributed by atoms with van der Waals surface area (Å²) < 4.78 is 5.19. The van der Waals surface area contributed by atoms with Gasteiger partial charge in [-0.2, -0.15) is 0 Å². The number of carbonyl (C=O) groups is 1. The molecule has 0 unspecified atom stereocenters. The van der Waals surface area contributed by atoms with Gasteiger partial charge in [-0.25, -0.2) is 9.78 Å². The summed E-state index contributed by atoms with van der Waals surface area (Å²) in [7, 11) is 0. The number of hydrogen-bond donors (Lipinski definition) is 2. The van der Waals surface area contributed by atoms with Gasteiger partial charge in [0.1, 0.15) is 10.6 Å². The predicted molar refractivity (Wildman–Crippen MR) is 67.9 cm³/mol. The predicted octanol–water partition coefficient (Wildman–Crippen LogP) is 2.08. The minimum absolute atomic E-state index is 0.330. The fraction of sp³-hybridized carbons (Fsp3) is 0.333. The van der Waals surface area contributed by atoms with Crippen molar-refractivity contribution in [3.8, 4) is 0 Å². The summed E-state index contributed by atoms with van der Waals surface area (Å²) in [5.74, 6) is -0.0173. The molecule has 18 heavy (non-hydrogen) atoms. The van der Waals surface area contributed by atoms with E-state index in [0.29, 0.717) is 17.1 Å². The molecule has 6 heteroatoms. The van der Waals surface area contributed by atoms with Gasteiger partial charge in [0.05, 0.1) is 23.5 Å². The second-order valence-corrected chi connectivity index (χ2v) is 4.92. The molecular weight excluding hydrogens is 252 g/mol. The first-order valence-electron chi connectivity index (χ1n) is 5.59. The van der Waals surface area contributed by atoms with Crippen LogP contribution in [0.4, 0.5) is 0 Å². The van der Waals surface area contributed by atoms with Gasteiger partial charge >= 0.3 is 5.97 Å². The largest absolute Gasteiger partial charge is 0.477 e. The lowest BCUT2D eigenvalue weighted by molar-refractivity contribution is 0.0701. The van der Waals surface area contributed by atoms with Crippen molar-refractivity contribution in [1.29, 1.82) is 0 Å². The molecule has 0 saturated carbocycles. The Labute approximate surface area is 108 Å². The summed E-state index contributed by atoms with van der Waals surface area (Å²) in [6.07, 6.45) is 2.36. The molecule has 0 aromatic carbocycles. The SMILES string of the molecule is Cc1nc(CCNCc2ccco2)sc1C(=O)O. The van der Waals surface area contributed by atoms with Crippen LogP contribution in [0.5, 0.6) is 0 Å². The minimum atomic E-state index is -0.903. The highest BCUT2D eigenvalue weighted by molar-refractivity contribution is 7.13. The summed E-state index contributed by atoms with van der Waals surface area (Å²) in [4.78, 5) is 15.4. The first-order valence-corrected chi connectivity index (χ1v) is 6.41. The quantitative estimate of drug-likeness (QED) is 0.783. The fourth-order valence-electron chi connectivity index (χ4n) is 1.58. The van der Waals surface area contributed by atoms with Gasteiger partial charge in [0.15, 0.2) is 0 Å². The molecule has 0 aliphatic carbocycles. The maximum atomic E-state index is 10.9. The summed E-state index contributed by atoms with van der Waals surface area (Å²) in [5.41, 5.74) is 0.591. The van der Waals surface area contributed by atoms with Crippen LogP contribution in [0.1, 0.15) is 26.1 Å². The molecule has 0 aliphatic rings. The molecule has 2 rings (SSSR count). The monoisotopic (exact) mass is 266 g/mol. The van der Waals surface area contributed by atoms with Gasteiger partial charge in [0.25, 0.3) is 0 Å². The van der Waals surface area contributed by atoms with Gasteiger partial charge in [-0.1, -0.05) is 0 Å². The minimum Gasteiger partial charge on any atom is -0.477 e. The summed E-state index contributed by atoms with van der Waals surface area (Å²) in [5, 5.41) is 13.0. The molecule has 2 heterocycles. The number of carboxylic acid groups (broad SMARTS) is 1. The van der Waals surface area contributed by atoms with Crippen molar-refractivity contribution in [2.45, 2.75) is 19.9 Å². The van der Waals surface area contributed by atoms with Gasteiger partial charge in [-0.3, -0.25) is 0 Å². The Morgan fingerprint density at radius 3 is 3.06 bits per heavy atom. The number of nitrogens with one attached hydrogen (secondary N) is 1. The zero-order valence-electron chi connectivity index (χ0n) is 9.97. The molecule has 0 spiro atoms. The second-order valence-electron chi connectivity index (χ2n) is 3.83. The number of aromatic carboxylic acids is 1. The van der Waals surface area contributed by atoms with E-state index < -0.39 is 5.97 Å². The maximum absolute atomic E-state index is 10.9. The molecule has 0 fully saturated rings.